The van der Waals surface area contributed by atoms with E-state index in [-0.39, 0.29) is 0 Å². The van der Waals surface area contributed by atoms with Crippen LogP contribution in [0.25, 0.3) is 11.0 Å². The summed E-state index contributed by atoms with van der Waals surface area (Å²) in [5.41, 5.74) is 3.57. The van der Waals surface area contributed by atoms with Gasteiger partial charge in [-0.25, -0.2) is 9.97 Å². The lowest BCUT2D eigenvalue weighted by molar-refractivity contribution is 0.383. The Balaban J connectivity index is 1.31. The number of aryl methyl sites for hydroxylation is 1. The molecule has 2 fully saturated rings. The smallest absolute Gasteiger partial charge is 0.159 e. The highest BCUT2D eigenvalue weighted by molar-refractivity contribution is 5.89. The van der Waals surface area contributed by atoms with Crippen molar-refractivity contribution in [1.82, 2.24) is 25.1 Å². The second kappa shape index (κ2) is 7.63. The number of nitrogens with zero attached hydrogens (tertiary/aromatic N) is 6. The summed E-state index contributed by atoms with van der Waals surface area (Å²) in [6.45, 7) is 8.60. The van der Waals surface area contributed by atoms with Gasteiger partial charge in [-0.15, -0.1) is 0 Å². The van der Waals surface area contributed by atoms with Gasteiger partial charge in [0.2, 0.25) is 0 Å². The largest absolute Gasteiger partial charge is 0.371 e. The molecule has 152 valence electrons. The van der Waals surface area contributed by atoms with Crippen LogP contribution >= 0.6 is 0 Å². The summed E-state index contributed by atoms with van der Waals surface area (Å²) in [6.07, 6.45) is 7.09. The van der Waals surface area contributed by atoms with E-state index in [1.807, 2.05) is 24.1 Å². The van der Waals surface area contributed by atoms with Crippen molar-refractivity contribution < 1.29 is 0 Å². The van der Waals surface area contributed by atoms with Crippen molar-refractivity contribution in [2.75, 3.05) is 49.1 Å². The van der Waals surface area contributed by atoms with E-state index in [4.69, 9.17) is 4.98 Å². The monoisotopic (exact) mass is 391 g/mol. The molecule has 3 aromatic heterocycles. The molecule has 5 rings (SSSR count). The molecule has 0 bridgehead atoms. The normalized spacial score (nSPS) is 23.0. The Labute approximate surface area is 171 Å². The van der Waals surface area contributed by atoms with Crippen molar-refractivity contribution in [3.63, 3.8) is 0 Å². The Morgan fingerprint density at radius 1 is 1.00 bits per heavy atom. The van der Waals surface area contributed by atoms with Crippen LogP contribution in [0.15, 0.2) is 36.8 Å². The standard InChI is InChI=1S/C22H29N7/c1-16-15-29(20-5-7-24-22-19(20)14-26-27(22)2)10-6-18(16)17-3-4-21(25-13-17)28-11-8-23-9-12-28/h3-5,7,13-14,16,18,23H,6,8-12,15H2,1-2H3/t16-,18+/m1/s1. The molecule has 0 saturated carbocycles. The van der Waals surface area contributed by atoms with Gasteiger partial charge in [0.1, 0.15) is 5.82 Å². The number of nitrogens with one attached hydrogen (secondary N) is 1. The topological polar surface area (TPSA) is 62.1 Å². The minimum atomic E-state index is 0.557. The zero-order valence-corrected chi connectivity index (χ0v) is 17.3. The van der Waals surface area contributed by atoms with E-state index < -0.39 is 0 Å². The van der Waals surface area contributed by atoms with Crippen LogP contribution in [-0.4, -0.2) is 59.0 Å². The Kier molecular flexibility index (Phi) is 4.83. The van der Waals surface area contributed by atoms with E-state index in [0.717, 1.165) is 62.5 Å². The first-order chi connectivity index (χ1) is 14.2. The number of rotatable bonds is 3. The lowest BCUT2D eigenvalue weighted by Gasteiger charge is -2.38. The molecule has 2 saturated heterocycles. The van der Waals surface area contributed by atoms with E-state index in [0.29, 0.717) is 11.8 Å². The first-order valence-electron chi connectivity index (χ1n) is 10.6. The van der Waals surface area contributed by atoms with Crippen molar-refractivity contribution in [1.29, 1.82) is 0 Å². The predicted octanol–water partition coefficient (Wildman–Crippen LogP) is 2.40. The van der Waals surface area contributed by atoms with Gasteiger partial charge in [0.05, 0.1) is 17.3 Å². The highest BCUT2D eigenvalue weighted by Gasteiger charge is 2.29. The van der Waals surface area contributed by atoms with E-state index in [1.165, 1.54) is 11.3 Å². The number of pyridine rings is 2. The number of fused-ring (bicyclic) bond motifs is 1. The molecule has 29 heavy (non-hydrogen) atoms. The summed E-state index contributed by atoms with van der Waals surface area (Å²) < 4.78 is 1.85. The number of piperazine rings is 1. The number of hydrogen-bond acceptors (Lipinski definition) is 6. The van der Waals surface area contributed by atoms with Crippen LogP contribution in [0.3, 0.4) is 0 Å². The first-order valence-corrected chi connectivity index (χ1v) is 10.6. The summed E-state index contributed by atoms with van der Waals surface area (Å²) in [6, 6.07) is 6.63. The van der Waals surface area contributed by atoms with Crippen LogP contribution in [0.2, 0.25) is 0 Å². The molecule has 0 radical (unpaired) electrons. The molecule has 0 aromatic carbocycles. The quantitative estimate of drug-likeness (QED) is 0.740. The van der Waals surface area contributed by atoms with E-state index in [1.54, 1.807) is 0 Å². The van der Waals surface area contributed by atoms with Gasteiger partial charge in [0, 0.05) is 58.7 Å². The highest BCUT2D eigenvalue weighted by Crippen LogP contribution is 2.36. The van der Waals surface area contributed by atoms with Crippen LogP contribution in [0.5, 0.6) is 0 Å². The van der Waals surface area contributed by atoms with Crippen molar-refractivity contribution in [3.05, 3.63) is 42.4 Å². The van der Waals surface area contributed by atoms with Gasteiger partial charge in [0.15, 0.2) is 5.65 Å². The Bertz CT molecular complexity index is 974. The molecular weight excluding hydrogens is 362 g/mol. The molecule has 7 nitrogen and oxygen atoms in total. The third-order valence-electron chi connectivity index (χ3n) is 6.50. The van der Waals surface area contributed by atoms with Crippen molar-refractivity contribution in [2.45, 2.75) is 19.3 Å². The number of aromatic nitrogens is 4. The maximum absolute atomic E-state index is 4.80. The van der Waals surface area contributed by atoms with Crippen molar-refractivity contribution >= 4 is 22.5 Å². The van der Waals surface area contributed by atoms with Crippen LogP contribution in [-0.2, 0) is 7.05 Å². The van der Waals surface area contributed by atoms with Gasteiger partial charge in [0.25, 0.3) is 0 Å². The zero-order valence-electron chi connectivity index (χ0n) is 17.3. The average molecular weight is 392 g/mol. The van der Waals surface area contributed by atoms with Gasteiger partial charge in [-0.2, -0.15) is 5.10 Å². The predicted molar refractivity (Wildman–Crippen MR) is 117 cm³/mol. The highest BCUT2D eigenvalue weighted by atomic mass is 15.3. The maximum atomic E-state index is 4.80. The molecule has 3 aromatic rings. The fourth-order valence-electron chi connectivity index (χ4n) is 4.87. The maximum Gasteiger partial charge on any atom is 0.159 e. The molecule has 7 heteroatoms. The lowest BCUT2D eigenvalue weighted by atomic mass is 9.82. The Morgan fingerprint density at radius 2 is 1.86 bits per heavy atom. The average Bonchev–Trinajstić information content (AvgIpc) is 3.15. The number of hydrogen-bond donors (Lipinski definition) is 1. The van der Waals surface area contributed by atoms with Gasteiger partial charge in [-0.3, -0.25) is 4.68 Å². The molecule has 2 aliphatic rings. The van der Waals surface area contributed by atoms with Crippen LogP contribution < -0.4 is 15.1 Å². The molecule has 2 atom stereocenters. The summed E-state index contributed by atoms with van der Waals surface area (Å²) in [5, 5.41) is 8.93. The van der Waals surface area contributed by atoms with Gasteiger partial charge < -0.3 is 15.1 Å². The number of anilines is 2. The third kappa shape index (κ3) is 3.44. The second-order valence-electron chi connectivity index (χ2n) is 8.34. The van der Waals surface area contributed by atoms with E-state index in [9.17, 15) is 0 Å². The molecule has 2 aliphatic heterocycles. The minimum Gasteiger partial charge on any atom is -0.371 e. The molecule has 0 aliphatic carbocycles. The third-order valence-corrected chi connectivity index (χ3v) is 6.50. The van der Waals surface area contributed by atoms with Crippen molar-refractivity contribution in [2.24, 2.45) is 13.0 Å². The summed E-state index contributed by atoms with van der Waals surface area (Å²) in [7, 11) is 1.95. The SMILES string of the molecule is C[C@@H]1CN(c2ccnc3c2cnn3C)CC[C@@H]1c1ccc(N2CCNCC2)nc1. The van der Waals surface area contributed by atoms with Crippen molar-refractivity contribution in [3.8, 4) is 0 Å². The molecule has 1 N–H and O–H groups in total. The fraction of sp³-hybridized carbons (Fsp3) is 0.500. The number of piperidine rings is 1. The van der Waals surface area contributed by atoms with Crippen LogP contribution in [0, 0.1) is 5.92 Å². The van der Waals surface area contributed by atoms with E-state index >= 15 is 0 Å². The van der Waals surface area contributed by atoms with Crippen LogP contribution in [0.4, 0.5) is 11.5 Å². The summed E-state index contributed by atoms with van der Waals surface area (Å²) in [4.78, 5) is 14.1. The Morgan fingerprint density at radius 3 is 2.62 bits per heavy atom. The van der Waals surface area contributed by atoms with E-state index in [2.05, 4.69) is 56.5 Å². The lowest BCUT2D eigenvalue weighted by Crippen LogP contribution is -2.43. The molecule has 5 heterocycles. The fourth-order valence-corrected chi connectivity index (χ4v) is 4.87. The zero-order chi connectivity index (χ0) is 19.8. The van der Waals surface area contributed by atoms with Gasteiger partial charge in [-0.1, -0.05) is 13.0 Å². The first kappa shape index (κ1) is 18.4. The Hall–Kier alpha value is -2.67. The molecule has 0 amide bonds. The van der Waals surface area contributed by atoms with Gasteiger partial charge in [-0.05, 0) is 36.0 Å². The molecular formula is C22H29N7. The minimum absolute atomic E-state index is 0.557. The second-order valence-corrected chi connectivity index (χ2v) is 8.34. The summed E-state index contributed by atoms with van der Waals surface area (Å²) >= 11 is 0. The molecule has 0 spiro atoms. The summed E-state index contributed by atoms with van der Waals surface area (Å²) in [5.74, 6) is 2.23. The van der Waals surface area contributed by atoms with Gasteiger partial charge >= 0.3 is 0 Å². The molecule has 0 unspecified atom stereocenters. The van der Waals surface area contributed by atoms with Crippen LogP contribution in [0.1, 0.15) is 24.8 Å².